The number of carbonyl (C=O) groups is 2. The monoisotopic (exact) mass is 319 g/mol. The molecule has 0 aromatic carbocycles. The molecule has 1 atom stereocenters. The number of hydrogen-bond acceptors (Lipinski definition) is 3. The van der Waals surface area contributed by atoms with Gasteiger partial charge < -0.3 is 16.0 Å². The van der Waals surface area contributed by atoms with Crippen molar-refractivity contribution in [2.45, 2.75) is 46.5 Å². The SMILES string of the molecule is CC(C)(C)C(=O)NCCCC(=O)NCC1CCCNC1.Cl. The topological polar surface area (TPSA) is 70.2 Å². The van der Waals surface area contributed by atoms with E-state index in [1.165, 1.54) is 12.8 Å². The van der Waals surface area contributed by atoms with E-state index in [2.05, 4.69) is 16.0 Å². The van der Waals surface area contributed by atoms with Gasteiger partial charge in [-0.15, -0.1) is 12.4 Å². The summed E-state index contributed by atoms with van der Waals surface area (Å²) in [5, 5.41) is 9.17. The Hall–Kier alpha value is -0.810. The van der Waals surface area contributed by atoms with Crippen LogP contribution in [-0.4, -0.2) is 38.0 Å². The average Bonchev–Trinajstić information content (AvgIpc) is 2.41. The highest BCUT2D eigenvalue weighted by atomic mass is 35.5. The molecule has 6 heteroatoms. The summed E-state index contributed by atoms with van der Waals surface area (Å²) >= 11 is 0. The van der Waals surface area contributed by atoms with Crippen LogP contribution in [0.3, 0.4) is 0 Å². The second-order valence-electron chi connectivity index (χ2n) is 6.63. The van der Waals surface area contributed by atoms with Gasteiger partial charge in [0.05, 0.1) is 0 Å². The van der Waals surface area contributed by atoms with Gasteiger partial charge in [0.25, 0.3) is 0 Å². The highest BCUT2D eigenvalue weighted by Gasteiger charge is 2.20. The Morgan fingerprint density at radius 3 is 2.52 bits per heavy atom. The van der Waals surface area contributed by atoms with Crippen molar-refractivity contribution in [1.29, 1.82) is 0 Å². The zero-order chi connectivity index (χ0) is 15.0. The summed E-state index contributed by atoms with van der Waals surface area (Å²) in [7, 11) is 0. The van der Waals surface area contributed by atoms with E-state index < -0.39 is 0 Å². The first-order chi connectivity index (χ1) is 9.39. The second kappa shape index (κ2) is 10.0. The Kier molecular flexibility index (Phi) is 9.62. The molecule has 1 unspecified atom stereocenters. The number of amides is 2. The minimum atomic E-state index is -0.365. The first-order valence-corrected chi connectivity index (χ1v) is 7.65. The molecule has 124 valence electrons. The number of piperidine rings is 1. The Balaban J connectivity index is 0.00000400. The van der Waals surface area contributed by atoms with Crippen LogP contribution in [0, 0.1) is 11.3 Å². The van der Waals surface area contributed by atoms with E-state index in [1.54, 1.807) is 0 Å². The van der Waals surface area contributed by atoms with Crippen molar-refractivity contribution >= 4 is 24.2 Å². The van der Waals surface area contributed by atoms with E-state index in [0.29, 0.717) is 25.3 Å². The molecule has 0 bridgehead atoms. The quantitative estimate of drug-likeness (QED) is 0.649. The predicted molar refractivity (Wildman–Crippen MR) is 87.6 cm³/mol. The third-order valence-corrected chi connectivity index (χ3v) is 3.53. The molecule has 1 saturated heterocycles. The Bertz CT molecular complexity index is 323. The largest absolute Gasteiger partial charge is 0.356 e. The number of nitrogens with one attached hydrogen (secondary N) is 3. The van der Waals surface area contributed by atoms with E-state index in [4.69, 9.17) is 0 Å². The summed E-state index contributed by atoms with van der Waals surface area (Å²) in [6.07, 6.45) is 3.55. The molecule has 0 radical (unpaired) electrons. The molecule has 1 heterocycles. The predicted octanol–water partition coefficient (Wildman–Crippen LogP) is 1.47. The van der Waals surface area contributed by atoms with Crippen LogP contribution in [0.5, 0.6) is 0 Å². The molecule has 1 aliphatic heterocycles. The van der Waals surface area contributed by atoms with Crippen molar-refractivity contribution in [1.82, 2.24) is 16.0 Å². The lowest BCUT2D eigenvalue weighted by Gasteiger charge is -2.22. The third-order valence-electron chi connectivity index (χ3n) is 3.53. The lowest BCUT2D eigenvalue weighted by atomic mass is 9.96. The van der Waals surface area contributed by atoms with Gasteiger partial charge in [0.1, 0.15) is 0 Å². The number of halogens is 1. The summed E-state index contributed by atoms with van der Waals surface area (Å²) < 4.78 is 0. The van der Waals surface area contributed by atoms with Gasteiger partial charge in [-0.05, 0) is 38.3 Å². The summed E-state index contributed by atoms with van der Waals surface area (Å²) in [5.41, 5.74) is -0.365. The maximum absolute atomic E-state index is 11.7. The van der Waals surface area contributed by atoms with Crippen molar-refractivity contribution in [2.75, 3.05) is 26.2 Å². The normalized spacial score (nSPS) is 18.5. The molecule has 1 aliphatic rings. The van der Waals surface area contributed by atoms with E-state index >= 15 is 0 Å². The molecule has 1 fully saturated rings. The van der Waals surface area contributed by atoms with E-state index in [1.807, 2.05) is 20.8 Å². The highest BCUT2D eigenvalue weighted by Crippen LogP contribution is 2.12. The van der Waals surface area contributed by atoms with Gasteiger partial charge in [-0.1, -0.05) is 20.8 Å². The van der Waals surface area contributed by atoms with E-state index in [-0.39, 0.29) is 29.6 Å². The molecule has 5 nitrogen and oxygen atoms in total. The van der Waals surface area contributed by atoms with Crippen molar-refractivity contribution in [3.63, 3.8) is 0 Å². The highest BCUT2D eigenvalue weighted by molar-refractivity contribution is 5.85. The van der Waals surface area contributed by atoms with Gasteiger partial charge >= 0.3 is 0 Å². The molecule has 21 heavy (non-hydrogen) atoms. The average molecular weight is 320 g/mol. The fourth-order valence-corrected chi connectivity index (χ4v) is 2.16. The minimum absolute atomic E-state index is 0. The number of rotatable bonds is 6. The smallest absolute Gasteiger partial charge is 0.225 e. The minimum Gasteiger partial charge on any atom is -0.356 e. The maximum Gasteiger partial charge on any atom is 0.225 e. The molecule has 3 N–H and O–H groups in total. The van der Waals surface area contributed by atoms with Crippen LogP contribution < -0.4 is 16.0 Å². The zero-order valence-corrected chi connectivity index (χ0v) is 14.3. The van der Waals surface area contributed by atoms with Crippen LogP contribution >= 0.6 is 12.4 Å². The molecule has 1 rings (SSSR count). The summed E-state index contributed by atoms with van der Waals surface area (Å²) in [5.74, 6) is 0.681. The van der Waals surface area contributed by atoms with Crippen LogP contribution in [0.4, 0.5) is 0 Å². The Morgan fingerprint density at radius 2 is 1.95 bits per heavy atom. The van der Waals surface area contributed by atoms with Crippen LogP contribution in [0.2, 0.25) is 0 Å². The standard InChI is InChI=1S/C15H29N3O2.ClH/c1-15(2,3)14(20)17-9-5-7-13(19)18-11-12-6-4-8-16-10-12;/h12,16H,4-11H2,1-3H3,(H,17,20)(H,18,19);1H. The van der Waals surface area contributed by atoms with E-state index in [0.717, 1.165) is 19.6 Å². The van der Waals surface area contributed by atoms with Gasteiger partial charge in [0, 0.05) is 24.9 Å². The van der Waals surface area contributed by atoms with Gasteiger partial charge in [-0.25, -0.2) is 0 Å². The first kappa shape index (κ1) is 20.2. The molecule has 0 aromatic rings. The van der Waals surface area contributed by atoms with Crippen molar-refractivity contribution in [3.8, 4) is 0 Å². The second-order valence-corrected chi connectivity index (χ2v) is 6.63. The Labute approximate surface area is 134 Å². The Morgan fingerprint density at radius 1 is 1.24 bits per heavy atom. The summed E-state index contributed by atoms with van der Waals surface area (Å²) in [4.78, 5) is 23.3. The summed E-state index contributed by atoms with van der Waals surface area (Å²) in [6, 6.07) is 0. The summed E-state index contributed by atoms with van der Waals surface area (Å²) in [6.45, 7) is 9.07. The van der Waals surface area contributed by atoms with Crippen LogP contribution in [0.25, 0.3) is 0 Å². The zero-order valence-electron chi connectivity index (χ0n) is 13.5. The van der Waals surface area contributed by atoms with Gasteiger partial charge in [0.15, 0.2) is 0 Å². The lowest BCUT2D eigenvalue weighted by molar-refractivity contribution is -0.128. The fourth-order valence-electron chi connectivity index (χ4n) is 2.16. The van der Waals surface area contributed by atoms with Gasteiger partial charge in [-0.2, -0.15) is 0 Å². The molecular formula is C15H30ClN3O2. The molecule has 0 aromatic heterocycles. The van der Waals surface area contributed by atoms with Crippen molar-refractivity contribution < 1.29 is 9.59 Å². The number of hydrogen-bond donors (Lipinski definition) is 3. The van der Waals surface area contributed by atoms with Gasteiger partial charge in [0.2, 0.25) is 11.8 Å². The van der Waals surface area contributed by atoms with Crippen molar-refractivity contribution in [2.24, 2.45) is 11.3 Å². The lowest BCUT2D eigenvalue weighted by Crippen LogP contribution is -2.38. The van der Waals surface area contributed by atoms with Gasteiger partial charge in [-0.3, -0.25) is 9.59 Å². The van der Waals surface area contributed by atoms with E-state index in [9.17, 15) is 9.59 Å². The molecule has 0 aliphatic carbocycles. The third kappa shape index (κ3) is 8.94. The van der Waals surface area contributed by atoms with Crippen LogP contribution in [-0.2, 0) is 9.59 Å². The molecular weight excluding hydrogens is 290 g/mol. The van der Waals surface area contributed by atoms with Crippen LogP contribution in [0.1, 0.15) is 46.5 Å². The number of carbonyl (C=O) groups excluding carboxylic acids is 2. The van der Waals surface area contributed by atoms with Crippen LogP contribution in [0.15, 0.2) is 0 Å². The van der Waals surface area contributed by atoms with Crippen molar-refractivity contribution in [3.05, 3.63) is 0 Å². The fraction of sp³-hybridized carbons (Fsp3) is 0.867. The molecule has 0 spiro atoms. The molecule has 0 saturated carbocycles. The first-order valence-electron chi connectivity index (χ1n) is 7.65. The maximum atomic E-state index is 11.7. The molecule has 2 amide bonds.